The summed E-state index contributed by atoms with van der Waals surface area (Å²) in [5.74, 6) is 2.49. The summed E-state index contributed by atoms with van der Waals surface area (Å²) < 4.78 is 7.37. The number of hydrogen-bond donors (Lipinski definition) is 1. The topological polar surface area (TPSA) is 39.1 Å². The molecule has 2 aromatic rings. The molecule has 0 aliphatic carbocycles. The molecule has 4 nitrogen and oxygen atoms in total. The Bertz CT molecular complexity index is 577. The van der Waals surface area contributed by atoms with Gasteiger partial charge in [0.25, 0.3) is 0 Å². The van der Waals surface area contributed by atoms with Gasteiger partial charge in [0, 0.05) is 18.5 Å². The Morgan fingerprint density at radius 1 is 1.42 bits per heavy atom. The second-order valence-electron chi connectivity index (χ2n) is 4.91. The number of hydrogen-bond acceptors (Lipinski definition) is 3. The van der Waals surface area contributed by atoms with Crippen molar-refractivity contribution in [2.75, 3.05) is 19.0 Å². The van der Waals surface area contributed by atoms with Crippen molar-refractivity contribution >= 4 is 5.82 Å². The molecule has 0 fully saturated rings. The average Bonchev–Trinajstić information content (AvgIpc) is 2.89. The van der Waals surface area contributed by atoms with E-state index in [0.717, 1.165) is 36.8 Å². The maximum atomic E-state index is 5.29. The minimum absolute atomic E-state index is 0.437. The molecule has 1 aromatic heterocycles. The molecule has 4 heteroatoms. The first-order valence-electron chi connectivity index (χ1n) is 6.74. The van der Waals surface area contributed by atoms with Crippen LogP contribution in [0.3, 0.4) is 0 Å². The smallest absolute Gasteiger partial charge is 0.124 e. The van der Waals surface area contributed by atoms with Gasteiger partial charge in [-0.1, -0.05) is 19.1 Å². The van der Waals surface area contributed by atoms with Crippen LogP contribution in [0.2, 0.25) is 0 Å². The predicted molar refractivity (Wildman–Crippen MR) is 75.8 cm³/mol. The van der Waals surface area contributed by atoms with E-state index in [4.69, 9.17) is 4.74 Å². The van der Waals surface area contributed by atoms with E-state index in [2.05, 4.69) is 40.2 Å². The predicted octanol–water partition coefficient (Wildman–Crippen LogP) is 2.66. The van der Waals surface area contributed by atoms with Gasteiger partial charge in [0.2, 0.25) is 0 Å². The van der Waals surface area contributed by atoms with Gasteiger partial charge in [-0.05, 0) is 24.1 Å². The third-order valence-electron chi connectivity index (χ3n) is 3.68. The van der Waals surface area contributed by atoms with E-state index >= 15 is 0 Å². The van der Waals surface area contributed by atoms with E-state index in [0.29, 0.717) is 5.92 Å². The Morgan fingerprint density at radius 2 is 2.32 bits per heavy atom. The SMILES string of the molecule is CCc1cc2n(n1)CC(c1cccc(OC)c1)CN2. The van der Waals surface area contributed by atoms with E-state index in [1.807, 2.05) is 12.1 Å². The van der Waals surface area contributed by atoms with Crippen LogP contribution >= 0.6 is 0 Å². The van der Waals surface area contributed by atoms with Crippen LogP contribution in [0, 0.1) is 0 Å². The van der Waals surface area contributed by atoms with Crippen molar-refractivity contribution < 1.29 is 4.74 Å². The lowest BCUT2D eigenvalue weighted by Crippen LogP contribution is -2.26. The molecule has 0 amide bonds. The number of ether oxygens (including phenoxy) is 1. The first kappa shape index (κ1) is 12.1. The molecule has 0 radical (unpaired) electrons. The quantitative estimate of drug-likeness (QED) is 0.918. The van der Waals surface area contributed by atoms with Gasteiger partial charge >= 0.3 is 0 Å². The molecule has 3 rings (SSSR count). The molecule has 0 bridgehead atoms. The van der Waals surface area contributed by atoms with Gasteiger partial charge in [-0.15, -0.1) is 0 Å². The van der Waals surface area contributed by atoms with E-state index in [-0.39, 0.29) is 0 Å². The summed E-state index contributed by atoms with van der Waals surface area (Å²) in [4.78, 5) is 0. The van der Waals surface area contributed by atoms with E-state index in [9.17, 15) is 0 Å². The molecule has 0 saturated heterocycles. The first-order chi connectivity index (χ1) is 9.30. The maximum absolute atomic E-state index is 5.29. The molecule has 19 heavy (non-hydrogen) atoms. The summed E-state index contributed by atoms with van der Waals surface area (Å²) in [6.45, 7) is 4.01. The number of nitrogens with zero attached hydrogens (tertiary/aromatic N) is 2. The molecule has 1 aliphatic heterocycles. The highest BCUT2D eigenvalue weighted by Crippen LogP contribution is 2.27. The molecule has 2 heterocycles. The van der Waals surface area contributed by atoms with Gasteiger partial charge < -0.3 is 10.1 Å². The number of methoxy groups -OCH3 is 1. The Morgan fingerprint density at radius 3 is 3.11 bits per heavy atom. The third kappa shape index (κ3) is 2.30. The third-order valence-corrected chi connectivity index (χ3v) is 3.68. The van der Waals surface area contributed by atoms with Crippen LogP contribution < -0.4 is 10.1 Å². The Hall–Kier alpha value is -1.97. The van der Waals surface area contributed by atoms with Crippen molar-refractivity contribution in [2.24, 2.45) is 0 Å². The van der Waals surface area contributed by atoms with Gasteiger partial charge in [-0.25, -0.2) is 4.68 Å². The van der Waals surface area contributed by atoms with Gasteiger partial charge in [0.05, 0.1) is 19.3 Å². The van der Waals surface area contributed by atoms with Crippen LogP contribution in [-0.2, 0) is 13.0 Å². The molecular formula is C15H19N3O. The summed E-state index contributed by atoms with van der Waals surface area (Å²) >= 11 is 0. The fraction of sp³-hybridized carbons (Fsp3) is 0.400. The van der Waals surface area contributed by atoms with Crippen LogP contribution in [-0.4, -0.2) is 23.4 Å². The highest BCUT2D eigenvalue weighted by Gasteiger charge is 2.21. The van der Waals surface area contributed by atoms with E-state index in [1.54, 1.807) is 7.11 Å². The summed E-state index contributed by atoms with van der Waals surface area (Å²) in [5.41, 5.74) is 2.44. The molecular weight excluding hydrogens is 238 g/mol. The minimum Gasteiger partial charge on any atom is -0.497 e. The van der Waals surface area contributed by atoms with E-state index in [1.165, 1.54) is 5.56 Å². The van der Waals surface area contributed by atoms with Crippen LogP contribution in [0.5, 0.6) is 5.75 Å². The normalized spacial score (nSPS) is 17.7. The van der Waals surface area contributed by atoms with Gasteiger partial charge in [-0.2, -0.15) is 5.10 Å². The second kappa shape index (κ2) is 4.96. The van der Waals surface area contributed by atoms with Gasteiger partial charge in [0.15, 0.2) is 0 Å². The second-order valence-corrected chi connectivity index (χ2v) is 4.91. The lowest BCUT2D eigenvalue weighted by molar-refractivity contribution is 0.412. The largest absolute Gasteiger partial charge is 0.497 e. The lowest BCUT2D eigenvalue weighted by atomic mass is 9.97. The van der Waals surface area contributed by atoms with Crippen molar-refractivity contribution in [1.29, 1.82) is 0 Å². The minimum atomic E-state index is 0.437. The fourth-order valence-corrected chi connectivity index (χ4v) is 2.54. The molecule has 0 saturated carbocycles. The Balaban J connectivity index is 1.84. The number of aromatic nitrogens is 2. The Labute approximate surface area is 113 Å². The molecule has 1 N–H and O–H groups in total. The summed E-state index contributed by atoms with van der Waals surface area (Å²) in [5, 5.41) is 8.07. The van der Waals surface area contributed by atoms with Crippen LogP contribution in [0.1, 0.15) is 24.1 Å². The number of rotatable bonds is 3. The molecule has 1 unspecified atom stereocenters. The fourth-order valence-electron chi connectivity index (χ4n) is 2.54. The first-order valence-corrected chi connectivity index (χ1v) is 6.74. The van der Waals surface area contributed by atoms with E-state index < -0.39 is 0 Å². The number of nitrogens with one attached hydrogen (secondary N) is 1. The molecule has 1 aliphatic rings. The zero-order valence-electron chi connectivity index (χ0n) is 11.4. The van der Waals surface area contributed by atoms with Crippen LogP contribution in [0.25, 0.3) is 0 Å². The highest BCUT2D eigenvalue weighted by atomic mass is 16.5. The van der Waals surface area contributed by atoms with Gasteiger partial charge in [-0.3, -0.25) is 0 Å². The highest BCUT2D eigenvalue weighted by molar-refractivity contribution is 5.41. The zero-order chi connectivity index (χ0) is 13.2. The monoisotopic (exact) mass is 257 g/mol. The number of fused-ring (bicyclic) bond motifs is 1. The maximum Gasteiger partial charge on any atom is 0.124 e. The summed E-state index contributed by atoms with van der Waals surface area (Å²) in [7, 11) is 1.71. The number of aryl methyl sites for hydroxylation is 1. The lowest BCUT2D eigenvalue weighted by Gasteiger charge is -2.25. The standard InChI is InChI=1S/C15H19N3O/c1-3-13-8-15-16-9-12(10-18(15)17-13)11-5-4-6-14(7-11)19-2/h4-8,12,16H,3,9-10H2,1-2H3. The zero-order valence-corrected chi connectivity index (χ0v) is 11.4. The van der Waals surface area contributed by atoms with Crippen molar-refractivity contribution in [3.05, 3.63) is 41.6 Å². The molecule has 1 aromatic carbocycles. The van der Waals surface area contributed by atoms with Crippen molar-refractivity contribution in [1.82, 2.24) is 9.78 Å². The van der Waals surface area contributed by atoms with Crippen molar-refractivity contribution in [3.63, 3.8) is 0 Å². The summed E-state index contributed by atoms with van der Waals surface area (Å²) in [6.07, 6.45) is 0.978. The van der Waals surface area contributed by atoms with Gasteiger partial charge in [0.1, 0.15) is 11.6 Å². The molecule has 1 atom stereocenters. The molecule has 0 spiro atoms. The van der Waals surface area contributed by atoms with Crippen molar-refractivity contribution in [2.45, 2.75) is 25.8 Å². The van der Waals surface area contributed by atoms with Crippen LogP contribution in [0.15, 0.2) is 30.3 Å². The van der Waals surface area contributed by atoms with Crippen molar-refractivity contribution in [3.8, 4) is 5.75 Å². The number of benzene rings is 1. The molecule has 100 valence electrons. The average molecular weight is 257 g/mol. The van der Waals surface area contributed by atoms with Crippen LogP contribution in [0.4, 0.5) is 5.82 Å². The Kier molecular flexibility index (Phi) is 3.15. The number of anilines is 1. The summed E-state index contributed by atoms with van der Waals surface area (Å²) in [6, 6.07) is 10.4.